The van der Waals surface area contributed by atoms with Crippen LogP contribution in [0.1, 0.15) is 37.7 Å². The molecule has 5 rings (SSSR count). The monoisotopic (exact) mass is 548 g/mol. The number of amides is 3. The van der Waals surface area contributed by atoms with Crippen molar-refractivity contribution in [2.45, 2.75) is 62.1 Å². The number of halogens is 6. The van der Waals surface area contributed by atoms with Crippen LogP contribution in [0, 0.1) is 23.2 Å². The van der Waals surface area contributed by atoms with Gasteiger partial charge in [-0.05, 0) is 43.9 Å². The van der Waals surface area contributed by atoms with Gasteiger partial charge in [0, 0.05) is 40.5 Å². The lowest BCUT2D eigenvalue weighted by atomic mass is 9.71. The van der Waals surface area contributed by atoms with Crippen molar-refractivity contribution < 1.29 is 31.9 Å². The molecule has 1 aromatic rings. The van der Waals surface area contributed by atoms with Gasteiger partial charge in [-0.25, -0.2) is 8.78 Å². The number of carbonyl (C=O) groups is 3. The maximum absolute atomic E-state index is 15.4. The summed E-state index contributed by atoms with van der Waals surface area (Å²) in [6.45, 7) is 0.402. The largest absolute Gasteiger partial charge is 0.356 e. The lowest BCUT2D eigenvalue weighted by molar-refractivity contribution is -0.207. The molecule has 194 valence electrons. The van der Waals surface area contributed by atoms with E-state index in [4.69, 9.17) is 23.2 Å². The van der Waals surface area contributed by atoms with Crippen molar-refractivity contribution in [3.63, 3.8) is 0 Å². The average Bonchev–Trinajstić information content (AvgIpc) is 3.20. The fourth-order valence-electron chi connectivity index (χ4n) is 5.38. The molecule has 4 aliphatic rings. The third-order valence-electron chi connectivity index (χ3n) is 7.09. The van der Waals surface area contributed by atoms with Gasteiger partial charge in [-0.15, -0.1) is 0 Å². The fraction of sp³-hybridized carbons (Fsp3) is 0.565. The highest BCUT2D eigenvalue weighted by atomic mass is 35.5. The minimum Gasteiger partial charge on any atom is -0.356 e. The van der Waals surface area contributed by atoms with Crippen LogP contribution in [0.3, 0.4) is 0 Å². The van der Waals surface area contributed by atoms with Gasteiger partial charge in [-0.3, -0.25) is 14.4 Å². The van der Waals surface area contributed by atoms with Crippen molar-refractivity contribution in [2.75, 3.05) is 6.54 Å². The molecular formula is C23H22Cl2F4N4O3. The standard InChI is InChI=1S/C23H22Cl2F4N4O3/c24-13-6-12(7-14(25)8-13)23(28,29)21(36)33-16-1-2-17(22(26,27)9-16)18(33)20(35)32-15(10-30)5-11-3-4-31-19(11)34/h6-8,11,15-18H,1-5,9H2,(H,31,34)(H,32,35)/t11-,15+,16-,17-,18-/m0/s1. The minimum absolute atomic E-state index is 0.0199. The van der Waals surface area contributed by atoms with Crippen LogP contribution in [0.15, 0.2) is 18.2 Å². The van der Waals surface area contributed by atoms with E-state index in [9.17, 15) is 28.4 Å². The van der Waals surface area contributed by atoms with E-state index >= 15 is 8.78 Å². The van der Waals surface area contributed by atoms with E-state index in [-0.39, 0.29) is 35.2 Å². The second-order valence-electron chi connectivity index (χ2n) is 9.40. The summed E-state index contributed by atoms with van der Waals surface area (Å²) in [5.41, 5.74) is -0.834. The summed E-state index contributed by atoms with van der Waals surface area (Å²) in [6.07, 6.45) is -0.638. The molecule has 0 aromatic heterocycles. The van der Waals surface area contributed by atoms with Crippen molar-refractivity contribution in [2.24, 2.45) is 11.8 Å². The Morgan fingerprint density at radius 3 is 2.44 bits per heavy atom. The molecule has 1 aliphatic carbocycles. The number of hydrogen-bond acceptors (Lipinski definition) is 4. The van der Waals surface area contributed by atoms with E-state index in [1.54, 1.807) is 0 Å². The summed E-state index contributed by atoms with van der Waals surface area (Å²) in [6, 6.07) is 0.232. The van der Waals surface area contributed by atoms with Crippen LogP contribution >= 0.6 is 23.2 Å². The molecule has 13 heteroatoms. The zero-order valence-corrected chi connectivity index (χ0v) is 20.3. The molecule has 3 saturated heterocycles. The van der Waals surface area contributed by atoms with E-state index in [0.717, 1.165) is 12.1 Å². The van der Waals surface area contributed by atoms with Gasteiger partial charge in [0.1, 0.15) is 12.1 Å². The van der Waals surface area contributed by atoms with Gasteiger partial charge >= 0.3 is 5.92 Å². The third-order valence-corrected chi connectivity index (χ3v) is 7.52. The van der Waals surface area contributed by atoms with E-state index in [1.807, 2.05) is 6.07 Å². The highest BCUT2D eigenvalue weighted by Crippen LogP contribution is 2.50. The number of rotatable bonds is 6. The molecular weight excluding hydrogens is 527 g/mol. The Balaban J connectivity index is 1.63. The maximum atomic E-state index is 15.4. The van der Waals surface area contributed by atoms with E-state index < -0.39 is 65.6 Å². The van der Waals surface area contributed by atoms with Gasteiger partial charge in [0.25, 0.3) is 11.8 Å². The number of fused-ring (bicyclic) bond motifs is 3. The molecule has 3 aliphatic heterocycles. The smallest absolute Gasteiger partial charge is 0.350 e. The first-order chi connectivity index (χ1) is 16.8. The number of benzene rings is 1. The third kappa shape index (κ3) is 4.85. The second kappa shape index (κ2) is 9.71. The van der Waals surface area contributed by atoms with Crippen molar-refractivity contribution in [1.82, 2.24) is 15.5 Å². The molecule has 5 atom stereocenters. The first-order valence-electron chi connectivity index (χ1n) is 11.4. The summed E-state index contributed by atoms with van der Waals surface area (Å²) < 4.78 is 60.4. The Labute approximate surface area is 214 Å². The average molecular weight is 549 g/mol. The predicted octanol–water partition coefficient (Wildman–Crippen LogP) is 3.63. The summed E-state index contributed by atoms with van der Waals surface area (Å²) in [4.78, 5) is 38.8. The molecule has 0 spiro atoms. The quantitative estimate of drug-likeness (QED) is 0.530. The summed E-state index contributed by atoms with van der Waals surface area (Å²) in [5, 5.41) is 14.1. The molecule has 1 saturated carbocycles. The van der Waals surface area contributed by atoms with Crippen LogP contribution in [0.2, 0.25) is 10.0 Å². The topological polar surface area (TPSA) is 102 Å². The van der Waals surface area contributed by atoms with Crippen LogP contribution in [-0.4, -0.2) is 53.2 Å². The second-order valence-corrected chi connectivity index (χ2v) is 10.3. The highest BCUT2D eigenvalue weighted by Gasteiger charge is 2.63. The van der Waals surface area contributed by atoms with Gasteiger partial charge in [-0.1, -0.05) is 23.2 Å². The number of nitriles is 1. The Bertz CT molecular complexity index is 1110. The van der Waals surface area contributed by atoms with Crippen LogP contribution in [0.25, 0.3) is 0 Å². The molecule has 3 amide bonds. The van der Waals surface area contributed by atoms with Gasteiger partial charge in [-0.2, -0.15) is 14.0 Å². The van der Waals surface area contributed by atoms with Crippen molar-refractivity contribution in [3.05, 3.63) is 33.8 Å². The Morgan fingerprint density at radius 1 is 1.22 bits per heavy atom. The molecule has 3 heterocycles. The maximum Gasteiger partial charge on any atom is 0.350 e. The fourth-order valence-corrected chi connectivity index (χ4v) is 5.90. The number of carbonyl (C=O) groups excluding carboxylic acids is 3. The van der Waals surface area contributed by atoms with Gasteiger partial charge in [0.05, 0.1) is 12.0 Å². The van der Waals surface area contributed by atoms with Gasteiger partial charge in [0.15, 0.2) is 0 Å². The first-order valence-corrected chi connectivity index (χ1v) is 12.1. The van der Waals surface area contributed by atoms with Crippen molar-refractivity contribution in [3.8, 4) is 6.07 Å². The molecule has 36 heavy (non-hydrogen) atoms. The van der Waals surface area contributed by atoms with Gasteiger partial charge < -0.3 is 15.5 Å². The van der Waals surface area contributed by atoms with E-state index in [0.29, 0.717) is 17.9 Å². The van der Waals surface area contributed by atoms with Crippen LogP contribution in [0.4, 0.5) is 17.6 Å². The summed E-state index contributed by atoms with van der Waals surface area (Å²) in [7, 11) is 0. The highest BCUT2D eigenvalue weighted by molar-refractivity contribution is 6.34. The molecule has 4 fully saturated rings. The van der Waals surface area contributed by atoms with E-state index in [2.05, 4.69) is 10.6 Å². The van der Waals surface area contributed by atoms with E-state index in [1.165, 1.54) is 6.07 Å². The summed E-state index contributed by atoms with van der Waals surface area (Å²) in [5.74, 6) is -13.1. The van der Waals surface area contributed by atoms with Crippen LogP contribution in [0.5, 0.6) is 0 Å². The Kier molecular flexibility index (Phi) is 7.14. The molecule has 2 bridgehead atoms. The van der Waals surface area contributed by atoms with Crippen LogP contribution in [-0.2, 0) is 20.3 Å². The Hall–Kier alpha value is -2.58. The number of nitrogens with zero attached hydrogens (tertiary/aromatic N) is 2. The lowest BCUT2D eigenvalue weighted by Gasteiger charge is -2.54. The summed E-state index contributed by atoms with van der Waals surface area (Å²) >= 11 is 11.6. The van der Waals surface area contributed by atoms with Crippen molar-refractivity contribution >= 4 is 40.9 Å². The minimum atomic E-state index is -4.21. The number of alkyl halides is 4. The normalized spacial score (nSPS) is 27.8. The molecule has 0 unspecified atom stereocenters. The zero-order chi connectivity index (χ0) is 26.4. The number of piperidine rings is 2. The molecule has 2 N–H and O–H groups in total. The van der Waals surface area contributed by atoms with Crippen molar-refractivity contribution in [1.29, 1.82) is 5.26 Å². The Morgan fingerprint density at radius 2 is 1.89 bits per heavy atom. The lowest BCUT2D eigenvalue weighted by Crippen LogP contribution is -2.70. The molecule has 7 nitrogen and oxygen atoms in total. The van der Waals surface area contributed by atoms with Gasteiger partial charge in [0.2, 0.25) is 11.8 Å². The zero-order valence-electron chi connectivity index (χ0n) is 18.7. The first kappa shape index (κ1) is 26.5. The number of nitrogens with one attached hydrogen (secondary N) is 2. The molecule has 1 aromatic carbocycles. The molecule has 0 radical (unpaired) electrons. The SMILES string of the molecule is N#C[C@@H](C[C@@H]1CCNC1=O)NC(=O)[C@@H]1[C@@H]2CC[C@@H](CC2(F)F)N1C(=O)C(F)(F)c1cc(Cl)cc(Cl)c1. The number of hydrogen-bond donors (Lipinski definition) is 2. The predicted molar refractivity (Wildman–Crippen MR) is 120 cm³/mol. The van der Waals surface area contributed by atoms with Crippen LogP contribution < -0.4 is 10.6 Å².